The third kappa shape index (κ3) is 4.28. The summed E-state index contributed by atoms with van der Waals surface area (Å²) in [5, 5.41) is 3.17. The van der Waals surface area contributed by atoms with E-state index in [1.54, 1.807) is 12.1 Å². The summed E-state index contributed by atoms with van der Waals surface area (Å²) >= 11 is 6.16. The molecular formula is C21H19ClFN3O2. The van der Waals surface area contributed by atoms with Crippen molar-refractivity contribution in [1.82, 2.24) is 9.55 Å². The average molecular weight is 400 g/mol. The molecule has 1 aromatic heterocycles. The molecule has 0 radical (unpaired) electrons. The van der Waals surface area contributed by atoms with Crippen molar-refractivity contribution in [1.29, 1.82) is 0 Å². The number of hydrogen-bond acceptors (Lipinski definition) is 3. The van der Waals surface area contributed by atoms with Crippen molar-refractivity contribution in [2.45, 2.75) is 26.8 Å². The van der Waals surface area contributed by atoms with E-state index in [1.165, 1.54) is 34.9 Å². The second-order valence-electron chi connectivity index (χ2n) is 6.34. The molecule has 144 valence electrons. The van der Waals surface area contributed by atoms with Crippen molar-refractivity contribution < 1.29 is 9.18 Å². The Hall–Kier alpha value is -2.99. The Labute approximate surface area is 166 Å². The predicted molar refractivity (Wildman–Crippen MR) is 108 cm³/mol. The molecule has 7 heteroatoms. The van der Waals surface area contributed by atoms with Gasteiger partial charge in [0.1, 0.15) is 18.2 Å². The molecule has 1 heterocycles. The van der Waals surface area contributed by atoms with E-state index in [2.05, 4.69) is 10.3 Å². The number of aromatic nitrogens is 2. The SMILES string of the molecule is CCc1cc(=O)n(CC(=O)Nc2c(C)cccc2Cl)c(-c2ccc(F)cc2)n1. The molecule has 0 aliphatic carbocycles. The van der Waals surface area contributed by atoms with E-state index in [-0.39, 0.29) is 12.1 Å². The summed E-state index contributed by atoms with van der Waals surface area (Å²) in [4.78, 5) is 29.7. The average Bonchev–Trinajstić information content (AvgIpc) is 2.67. The van der Waals surface area contributed by atoms with Crippen LogP contribution >= 0.6 is 11.6 Å². The number of para-hydroxylation sites is 1. The van der Waals surface area contributed by atoms with Crippen molar-refractivity contribution in [3.05, 3.63) is 81.0 Å². The van der Waals surface area contributed by atoms with Gasteiger partial charge in [-0.3, -0.25) is 14.2 Å². The number of hydrogen-bond donors (Lipinski definition) is 1. The molecule has 0 aliphatic rings. The third-order valence-corrected chi connectivity index (χ3v) is 4.63. The van der Waals surface area contributed by atoms with Crippen LogP contribution in [0.2, 0.25) is 5.02 Å². The maximum Gasteiger partial charge on any atom is 0.254 e. The van der Waals surface area contributed by atoms with Gasteiger partial charge in [-0.2, -0.15) is 0 Å². The molecule has 0 spiro atoms. The minimum Gasteiger partial charge on any atom is -0.323 e. The van der Waals surface area contributed by atoms with Gasteiger partial charge in [0.15, 0.2) is 0 Å². The fourth-order valence-electron chi connectivity index (χ4n) is 2.82. The van der Waals surface area contributed by atoms with Gasteiger partial charge < -0.3 is 5.32 Å². The van der Waals surface area contributed by atoms with Crippen LogP contribution in [0.3, 0.4) is 0 Å². The molecule has 3 rings (SSSR count). The largest absolute Gasteiger partial charge is 0.323 e. The van der Waals surface area contributed by atoms with E-state index >= 15 is 0 Å². The maximum absolute atomic E-state index is 13.3. The summed E-state index contributed by atoms with van der Waals surface area (Å²) in [6.07, 6.45) is 0.565. The van der Waals surface area contributed by atoms with Gasteiger partial charge in [-0.05, 0) is 49.2 Å². The number of carbonyl (C=O) groups excluding carboxylic acids is 1. The fourth-order valence-corrected chi connectivity index (χ4v) is 3.09. The smallest absolute Gasteiger partial charge is 0.254 e. The van der Waals surface area contributed by atoms with Crippen molar-refractivity contribution >= 4 is 23.2 Å². The van der Waals surface area contributed by atoms with Crippen molar-refractivity contribution in [3.63, 3.8) is 0 Å². The van der Waals surface area contributed by atoms with Crippen LogP contribution in [0.5, 0.6) is 0 Å². The fraction of sp³-hybridized carbons (Fsp3) is 0.190. The number of nitrogens with zero attached hydrogens (tertiary/aromatic N) is 2. The third-order valence-electron chi connectivity index (χ3n) is 4.31. The number of nitrogens with one attached hydrogen (secondary N) is 1. The Kier molecular flexibility index (Phi) is 5.90. The minimum atomic E-state index is -0.410. The molecule has 0 bridgehead atoms. The van der Waals surface area contributed by atoms with Crippen LogP contribution in [-0.2, 0) is 17.8 Å². The lowest BCUT2D eigenvalue weighted by Crippen LogP contribution is -2.30. The summed E-state index contributed by atoms with van der Waals surface area (Å²) in [6.45, 7) is 3.47. The van der Waals surface area contributed by atoms with E-state index in [1.807, 2.05) is 19.9 Å². The van der Waals surface area contributed by atoms with Gasteiger partial charge in [-0.25, -0.2) is 9.37 Å². The van der Waals surface area contributed by atoms with Crippen LogP contribution in [0, 0.1) is 12.7 Å². The zero-order valence-corrected chi connectivity index (χ0v) is 16.3. The molecule has 0 unspecified atom stereocenters. The van der Waals surface area contributed by atoms with E-state index < -0.39 is 11.7 Å². The van der Waals surface area contributed by atoms with Gasteiger partial charge in [-0.15, -0.1) is 0 Å². The highest BCUT2D eigenvalue weighted by Gasteiger charge is 2.15. The lowest BCUT2D eigenvalue weighted by Gasteiger charge is -2.15. The Bertz CT molecular complexity index is 1060. The minimum absolute atomic E-state index is 0.243. The Balaban J connectivity index is 1.98. The van der Waals surface area contributed by atoms with E-state index in [0.29, 0.717) is 34.2 Å². The van der Waals surface area contributed by atoms with E-state index in [4.69, 9.17) is 11.6 Å². The van der Waals surface area contributed by atoms with Gasteiger partial charge in [0.25, 0.3) is 5.56 Å². The monoisotopic (exact) mass is 399 g/mol. The number of anilines is 1. The lowest BCUT2D eigenvalue weighted by atomic mass is 10.2. The van der Waals surface area contributed by atoms with Gasteiger partial charge >= 0.3 is 0 Å². The van der Waals surface area contributed by atoms with Crippen LogP contribution in [0.15, 0.2) is 53.3 Å². The molecule has 3 aromatic rings. The highest BCUT2D eigenvalue weighted by atomic mass is 35.5. The second kappa shape index (κ2) is 8.35. The molecule has 1 N–H and O–H groups in total. The van der Waals surface area contributed by atoms with Crippen molar-refractivity contribution in [3.8, 4) is 11.4 Å². The molecule has 0 aliphatic heterocycles. The number of rotatable bonds is 5. The number of halogens is 2. The van der Waals surface area contributed by atoms with Crippen LogP contribution < -0.4 is 10.9 Å². The molecule has 5 nitrogen and oxygen atoms in total. The number of benzene rings is 2. The zero-order chi connectivity index (χ0) is 20.3. The van der Waals surface area contributed by atoms with E-state index in [0.717, 1.165) is 5.56 Å². The normalized spacial score (nSPS) is 10.7. The van der Waals surface area contributed by atoms with Crippen LogP contribution in [0.25, 0.3) is 11.4 Å². The van der Waals surface area contributed by atoms with Gasteiger partial charge in [0, 0.05) is 17.3 Å². The number of carbonyl (C=O) groups is 1. The Morgan fingerprint density at radius 3 is 2.57 bits per heavy atom. The molecular weight excluding hydrogens is 381 g/mol. The molecule has 1 amide bonds. The van der Waals surface area contributed by atoms with Crippen molar-refractivity contribution in [2.24, 2.45) is 0 Å². The van der Waals surface area contributed by atoms with Crippen molar-refractivity contribution in [2.75, 3.05) is 5.32 Å². The summed E-state index contributed by atoms with van der Waals surface area (Å²) in [5.41, 5.74) is 2.12. The molecule has 0 atom stereocenters. The summed E-state index contributed by atoms with van der Waals surface area (Å²) in [7, 11) is 0. The second-order valence-corrected chi connectivity index (χ2v) is 6.74. The number of aryl methyl sites for hydroxylation is 2. The summed E-state index contributed by atoms with van der Waals surface area (Å²) < 4.78 is 14.6. The van der Waals surface area contributed by atoms with Crippen LogP contribution in [-0.4, -0.2) is 15.5 Å². The summed E-state index contributed by atoms with van der Waals surface area (Å²) in [5.74, 6) is -0.487. The molecule has 0 saturated carbocycles. The Morgan fingerprint density at radius 2 is 1.93 bits per heavy atom. The Morgan fingerprint density at radius 1 is 1.21 bits per heavy atom. The molecule has 2 aromatic carbocycles. The highest BCUT2D eigenvalue weighted by Crippen LogP contribution is 2.25. The quantitative estimate of drug-likeness (QED) is 0.698. The van der Waals surface area contributed by atoms with Gasteiger partial charge in [0.05, 0.1) is 10.7 Å². The maximum atomic E-state index is 13.3. The van der Waals surface area contributed by atoms with Gasteiger partial charge in [0.2, 0.25) is 5.91 Å². The van der Waals surface area contributed by atoms with E-state index in [9.17, 15) is 14.0 Å². The van der Waals surface area contributed by atoms with Crippen LogP contribution in [0.1, 0.15) is 18.2 Å². The zero-order valence-electron chi connectivity index (χ0n) is 15.5. The first-order valence-corrected chi connectivity index (χ1v) is 9.18. The van der Waals surface area contributed by atoms with Crippen LogP contribution in [0.4, 0.5) is 10.1 Å². The van der Waals surface area contributed by atoms with Gasteiger partial charge in [-0.1, -0.05) is 30.7 Å². The number of amides is 1. The predicted octanol–water partition coefficient (Wildman–Crippen LogP) is 4.21. The highest BCUT2D eigenvalue weighted by molar-refractivity contribution is 6.33. The summed E-state index contributed by atoms with van der Waals surface area (Å²) in [6, 6.07) is 12.3. The topological polar surface area (TPSA) is 64.0 Å². The molecule has 0 saturated heterocycles. The standard InChI is InChI=1S/C21H19ClFN3O2/c1-3-16-11-19(28)26(21(24-16)14-7-9-15(23)10-8-14)12-18(27)25-20-13(2)5-4-6-17(20)22/h4-11H,3,12H2,1-2H3,(H,25,27). The first-order chi connectivity index (χ1) is 13.4. The lowest BCUT2D eigenvalue weighted by molar-refractivity contribution is -0.116. The molecule has 0 fully saturated rings. The first kappa shape index (κ1) is 19.8. The molecule has 28 heavy (non-hydrogen) atoms. The first-order valence-electron chi connectivity index (χ1n) is 8.80.